The van der Waals surface area contributed by atoms with Gasteiger partial charge in [-0.3, -0.25) is 9.69 Å². The highest BCUT2D eigenvalue weighted by Crippen LogP contribution is 2.33. The van der Waals surface area contributed by atoms with Crippen LogP contribution in [0.2, 0.25) is 0 Å². The number of hydrogen-bond acceptors (Lipinski definition) is 3. The second kappa shape index (κ2) is 2.70. The normalized spacial score (nSPS) is 32.4. The van der Waals surface area contributed by atoms with Crippen LogP contribution in [0.1, 0.15) is 12.8 Å². The third-order valence-corrected chi connectivity index (χ3v) is 3.01. The summed E-state index contributed by atoms with van der Waals surface area (Å²) in [6.07, 6.45) is 1.94. The van der Waals surface area contributed by atoms with Crippen molar-refractivity contribution in [3.05, 3.63) is 0 Å². The minimum Gasteiger partial charge on any atom is -0.377 e. The first-order valence-electron chi connectivity index (χ1n) is 5.00. The molecule has 5 heteroatoms. The van der Waals surface area contributed by atoms with Gasteiger partial charge in [0.1, 0.15) is 6.04 Å². The summed E-state index contributed by atoms with van der Waals surface area (Å²) in [5.41, 5.74) is 0. The standard InChI is InChI=1S/C9H12N2O3/c12-8-7-5-14-4-3-10(7)9(13)11(8)6-1-2-6/h6-7H,1-5H2. The van der Waals surface area contributed by atoms with Crippen molar-refractivity contribution in [2.24, 2.45) is 0 Å². The molecule has 14 heavy (non-hydrogen) atoms. The highest BCUT2D eigenvalue weighted by molar-refractivity contribution is 6.05. The molecule has 2 heterocycles. The number of imide groups is 1. The second-order valence-electron chi connectivity index (χ2n) is 4.01. The number of nitrogens with zero attached hydrogens (tertiary/aromatic N) is 2. The minimum atomic E-state index is -0.336. The highest BCUT2D eigenvalue weighted by Gasteiger charge is 2.51. The van der Waals surface area contributed by atoms with Crippen LogP contribution >= 0.6 is 0 Å². The molecule has 2 aliphatic heterocycles. The van der Waals surface area contributed by atoms with Gasteiger partial charge in [-0.05, 0) is 12.8 Å². The fourth-order valence-corrected chi connectivity index (χ4v) is 2.10. The molecule has 0 radical (unpaired) electrons. The van der Waals surface area contributed by atoms with Gasteiger partial charge in [-0.25, -0.2) is 4.79 Å². The van der Waals surface area contributed by atoms with Gasteiger partial charge >= 0.3 is 6.03 Å². The van der Waals surface area contributed by atoms with Gasteiger partial charge in [0.25, 0.3) is 5.91 Å². The molecule has 1 saturated carbocycles. The smallest absolute Gasteiger partial charge is 0.327 e. The molecule has 1 aliphatic carbocycles. The Labute approximate surface area is 81.6 Å². The monoisotopic (exact) mass is 196 g/mol. The molecule has 3 amide bonds. The number of amides is 3. The molecular weight excluding hydrogens is 184 g/mol. The van der Waals surface area contributed by atoms with Crippen molar-refractivity contribution in [3.8, 4) is 0 Å². The van der Waals surface area contributed by atoms with Crippen LogP contribution in [0, 0.1) is 0 Å². The van der Waals surface area contributed by atoms with Crippen molar-refractivity contribution >= 4 is 11.9 Å². The molecule has 76 valence electrons. The number of fused-ring (bicyclic) bond motifs is 1. The Morgan fingerprint density at radius 1 is 1.29 bits per heavy atom. The van der Waals surface area contributed by atoms with E-state index < -0.39 is 0 Å². The van der Waals surface area contributed by atoms with E-state index in [0.29, 0.717) is 19.8 Å². The second-order valence-corrected chi connectivity index (χ2v) is 4.01. The number of rotatable bonds is 1. The molecule has 0 aromatic rings. The summed E-state index contributed by atoms with van der Waals surface area (Å²) in [6.45, 7) is 1.47. The molecule has 1 unspecified atom stereocenters. The number of ether oxygens (including phenoxy) is 1. The summed E-state index contributed by atoms with van der Waals surface area (Å²) in [5.74, 6) is -0.0581. The summed E-state index contributed by atoms with van der Waals surface area (Å²) in [6, 6.07) is -0.261. The summed E-state index contributed by atoms with van der Waals surface area (Å²) in [4.78, 5) is 26.7. The summed E-state index contributed by atoms with van der Waals surface area (Å²) in [7, 11) is 0. The Hall–Kier alpha value is -1.10. The number of urea groups is 1. The van der Waals surface area contributed by atoms with Crippen LogP contribution in [-0.2, 0) is 9.53 Å². The lowest BCUT2D eigenvalue weighted by Gasteiger charge is -2.26. The number of hydrogen-bond donors (Lipinski definition) is 0. The van der Waals surface area contributed by atoms with Crippen LogP contribution in [-0.4, -0.2) is 53.6 Å². The van der Waals surface area contributed by atoms with Crippen LogP contribution in [0.4, 0.5) is 4.79 Å². The fourth-order valence-electron chi connectivity index (χ4n) is 2.10. The topological polar surface area (TPSA) is 49.9 Å². The van der Waals surface area contributed by atoms with E-state index in [1.165, 1.54) is 4.90 Å². The first kappa shape index (κ1) is 8.23. The molecule has 3 rings (SSSR count). The lowest BCUT2D eigenvalue weighted by atomic mass is 10.2. The first-order valence-corrected chi connectivity index (χ1v) is 5.00. The zero-order valence-electron chi connectivity index (χ0n) is 7.81. The van der Waals surface area contributed by atoms with Gasteiger partial charge in [0.15, 0.2) is 0 Å². The van der Waals surface area contributed by atoms with Gasteiger partial charge < -0.3 is 9.64 Å². The van der Waals surface area contributed by atoms with Crippen molar-refractivity contribution < 1.29 is 14.3 Å². The summed E-state index contributed by atoms with van der Waals surface area (Å²) < 4.78 is 5.21. The molecule has 2 saturated heterocycles. The SMILES string of the molecule is O=C1C2COCCN2C(=O)N1C1CC1. The molecule has 0 N–H and O–H groups in total. The average molecular weight is 196 g/mol. The van der Waals surface area contributed by atoms with Crippen molar-refractivity contribution in [1.29, 1.82) is 0 Å². The molecule has 0 bridgehead atoms. The zero-order chi connectivity index (χ0) is 9.71. The van der Waals surface area contributed by atoms with E-state index in [9.17, 15) is 9.59 Å². The van der Waals surface area contributed by atoms with Crippen molar-refractivity contribution in [3.63, 3.8) is 0 Å². The maximum atomic E-state index is 11.8. The third kappa shape index (κ3) is 0.987. The predicted octanol–water partition coefficient (Wildman–Crippen LogP) is -0.188. The minimum absolute atomic E-state index is 0.0581. The zero-order valence-corrected chi connectivity index (χ0v) is 7.81. The number of morpholine rings is 1. The first-order chi connectivity index (χ1) is 6.79. The Balaban J connectivity index is 1.88. The predicted molar refractivity (Wildman–Crippen MR) is 46.6 cm³/mol. The fraction of sp³-hybridized carbons (Fsp3) is 0.778. The molecule has 0 spiro atoms. The van der Waals surface area contributed by atoms with Crippen LogP contribution < -0.4 is 0 Å². The van der Waals surface area contributed by atoms with Gasteiger partial charge in [0, 0.05) is 12.6 Å². The summed E-state index contributed by atoms with van der Waals surface area (Å²) in [5, 5.41) is 0. The Morgan fingerprint density at radius 3 is 2.71 bits per heavy atom. The van der Waals surface area contributed by atoms with E-state index in [0.717, 1.165) is 12.8 Å². The molecule has 0 aromatic carbocycles. The maximum absolute atomic E-state index is 11.8. The largest absolute Gasteiger partial charge is 0.377 e. The number of carbonyl (C=O) groups excluding carboxylic acids is 2. The van der Waals surface area contributed by atoms with Crippen molar-refractivity contribution in [1.82, 2.24) is 9.80 Å². The van der Waals surface area contributed by atoms with E-state index in [2.05, 4.69) is 0 Å². The highest BCUT2D eigenvalue weighted by atomic mass is 16.5. The Kier molecular flexibility index (Phi) is 1.58. The van der Waals surface area contributed by atoms with E-state index in [1.807, 2.05) is 0 Å². The Bertz CT molecular complexity index is 276. The average Bonchev–Trinajstić information content (AvgIpc) is 2.99. The van der Waals surface area contributed by atoms with Gasteiger partial charge in [0.05, 0.1) is 13.2 Å². The van der Waals surface area contributed by atoms with E-state index >= 15 is 0 Å². The van der Waals surface area contributed by atoms with Crippen LogP contribution in [0.25, 0.3) is 0 Å². The molecule has 1 atom stereocenters. The molecule has 0 aromatic heterocycles. The van der Waals surface area contributed by atoms with Crippen LogP contribution in [0.3, 0.4) is 0 Å². The van der Waals surface area contributed by atoms with Gasteiger partial charge in [0.2, 0.25) is 0 Å². The lowest BCUT2D eigenvalue weighted by molar-refractivity contribution is -0.131. The number of carbonyl (C=O) groups is 2. The summed E-state index contributed by atoms with van der Waals surface area (Å²) >= 11 is 0. The van der Waals surface area contributed by atoms with E-state index in [4.69, 9.17) is 4.74 Å². The Morgan fingerprint density at radius 2 is 2.07 bits per heavy atom. The van der Waals surface area contributed by atoms with E-state index in [1.54, 1.807) is 4.90 Å². The van der Waals surface area contributed by atoms with Gasteiger partial charge in [-0.2, -0.15) is 0 Å². The molecule has 3 fully saturated rings. The molecule has 5 nitrogen and oxygen atoms in total. The van der Waals surface area contributed by atoms with Gasteiger partial charge in [-0.1, -0.05) is 0 Å². The quantitative estimate of drug-likeness (QED) is 0.546. The van der Waals surface area contributed by atoms with Crippen LogP contribution in [0.15, 0.2) is 0 Å². The molecular formula is C9H12N2O3. The van der Waals surface area contributed by atoms with Crippen molar-refractivity contribution in [2.75, 3.05) is 19.8 Å². The molecule has 3 aliphatic rings. The lowest BCUT2D eigenvalue weighted by Crippen LogP contribution is -2.45. The van der Waals surface area contributed by atoms with Crippen LogP contribution in [0.5, 0.6) is 0 Å². The third-order valence-electron chi connectivity index (χ3n) is 3.01. The van der Waals surface area contributed by atoms with Gasteiger partial charge in [-0.15, -0.1) is 0 Å². The van der Waals surface area contributed by atoms with E-state index in [-0.39, 0.29) is 24.0 Å². The maximum Gasteiger partial charge on any atom is 0.327 e. The van der Waals surface area contributed by atoms with Crippen molar-refractivity contribution in [2.45, 2.75) is 24.9 Å².